The average molecular weight is 305 g/mol. The molecule has 1 aromatic carbocycles. The maximum atomic E-state index is 12.6. The molecule has 0 heterocycles. The second-order valence-electron chi connectivity index (χ2n) is 3.06. The highest BCUT2D eigenvalue weighted by molar-refractivity contribution is 9.10. The van der Waals surface area contributed by atoms with Crippen molar-refractivity contribution in [1.29, 1.82) is 0 Å². The van der Waals surface area contributed by atoms with E-state index >= 15 is 0 Å². The minimum atomic E-state index is -4.53. The van der Waals surface area contributed by atoms with Crippen LogP contribution >= 0.6 is 15.9 Å². The first-order valence-electron chi connectivity index (χ1n) is 4.04. The normalized spacial score (nSPS) is 14.9. The largest absolute Gasteiger partial charge is 0.416 e. The van der Waals surface area contributed by atoms with E-state index in [0.717, 1.165) is 12.1 Å². The SMILES string of the molecule is OC(c1ccc(C(F)(F)F)cc1)C(F)(F)Br. The summed E-state index contributed by atoms with van der Waals surface area (Å²) in [4.78, 5) is -3.58. The summed E-state index contributed by atoms with van der Waals surface area (Å²) in [6, 6.07) is 2.89. The maximum Gasteiger partial charge on any atom is 0.416 e. The molecule has 0 spiro atoms. The summed E-state index contributed by atoms with van der Waals surface area (Å²) in [5.74, 6) is 0. The monoisotopic (exact) mass is 304 g/mol. The number of hydrogen-bond acceptors (Lipinski definition) is 1. The van der Waals surface area contributed by atoms with Crippen molar-refractivity contribution < 1.29 is 27.1 Å². The Balaban J connectivity index is 2.96. The first-order chi connectivity index (χ1) is 7.12. The summed E-state index contributed by atoms with van der Waals surface area (Å²) >= 11 is 1.93. The van der Waals surface area contributed by atoms with Gasteiger partial charge in [-0.05, 0) is 33.6 Å². The third kappa shape index (κ3) is 3.15. The molecule has 1 atom stereocenters. The van der Waals surface area contributed by atoms with E-state index in [1.807, 2.05) is 15.9 Å². The molecule has 0 fully saturated rings. The molecule has 1 N–H and O–H groups in total. The molecule has 1 aromatic rings. The Morgan fingerprint density at radius 1 is 1.00 bits per heavy atom. The topological polar surface area (TPSA) is 20.2 Å². The summed E-state index contributed by atoms with van der Waals surface area (Å²) < 4.78 is 61.6. The van der Waals surface area contributed by atoms with Crippen molar-refractivity contribution in [1.82, 2.24) is 0 Å². The second kappa shape index (κ2) is 4.29. The number of aliphatic hydroxyl groups is 1. The lowest BCUT2D eigenvalue weighted by atomic mass is 10.1. The van der Waals surface area contributed by atoms with Crippen molar-refractivity contribution >= 4 is 15.9 Å². The number of benzene rings is 1. The highest BCUT2D eigenvalue weighted by Crippen LogP contribution is 2.37. The van der Waals surface area contributed by atoms with Gasteiger partial charge in [0.15, 0.2) is 6.10 Å². The van der Waals surface area contributed by atoms with Crippen molar-refractivity contribution in [2.45, 2.75) is 17.1 Å². The van der Waals surface area contributed by atoms with Gasteiger partial charge in [0, 0.05) is 0 Å². The molecule has 0 aliphatic carbocycles. The van der Waals surface area contributed by atoms with Crippen molar-refractivity contribution in [3.8, 4) is 0 Å². The Bertz CT molecular complexity index is 354. The van der Waals surface area contributed by atoms with Gasteiger partial charge in [0.1, 0.15) is 0 Å². The van der Waals surface area contributed by atoms with Crippen LogP contribution in [0.25, 0.3) is 0 Å². The predicted octanol–water partition coefficient (Wildman–Crippen LogP) is 3.73. The second-order valence-corrected chi connectivity index (χ2v) is 4.12. The lowest BCUT2D eigenvalue weighted by Gasteiger charge is -2.17. The van der Waals surface area contributed by atoms with Crippen LogP contribution in [0.15, 0.2) is 24.3 Å². The molecule has 0 aliphatic heterocycles. The molecule has 0 amide bonds. The molecule has 1 rings (SSSR count). The number of aliphatic hydroxyl groups excluding tert-OH is 1. The van der Waals surface area contributed by atoms with Gasteiger partial charge in [-0.2, -0.15) is 22.0 Å². The van der Waals surface area contributed by atoms with Crippen LogP contribution in [0, 0.1) is 0 Å². The summed E-state index contributed by atoms with van der Waals surface area (Å²) in [6.07, 6.45) is -6.71. The zero-order chi connectivity index (χ0) is 12.6. The third-order valence-electron chi connectivity index (χ3n) is 1.86. The number of hydrogen-bond donors (Lipinski definition) is 1. The van der Waals surface area contributed by atoms with Crippen LogP contribution < -0.4 is 0 Å². The van der Waals surface area contributed by atoms with Crippen molar-refractivity contribution in [3.63, 3.8) is 0 Å². The maximum absolute atomic E-state index is 12.6. The fourth-order valence-corrected chi connectivity index (χ4v) is 1.31. The molecule has 90 valence electrons. The summed E-state index contributed by atoms with van der Waals surface area (Å²) in [5, 5.41) is 9.07. The van der Waals surface area contributed by atoms with Gasteiger partial charge in [0.2, 0.25) is 0 Å². The minimum Gasteiger partial charge on any atom is -0.381 e. The number of alkyl halides is 6. The van der Waals surface area contributed by atoms with E-state index in [9.17, 15) is 22.0 Å². The Morgan fingerprint density at radius 3 is 1.75 bits per heavy atom. The van der Waals surface area contributed by atoms with Gasteiger partial charge in [-0.3, -0.25) is 0 Å². The lowest BCUT2D eigenvalue weighted by molar-refractivity contribution is -0.137. The van der Waals surface area contributed by atoms with Gasteiger partial charge in [-0.1, -0.05) is 12.1 Å². The highest BCUT2D eigenvalue weighted by Gasteiger charge is 2.37. The molecule has 0 radical (unpaired) electrons. The van der Waals surface area contributed by atoms with E-state index in [-0.39, 0.29) is 5.56 Å². The Hall–Kier alpha value is -0.690. The van der Waals surface area contributed by atoms with Gasteiger partial charge < -0.3 is 5.11 Å². The van der Waals surface area contributed by atoms with Crippen LogP contribution in [0.2, 0.25) is 0 Å². The third-order valence-corrected chi connectivity index (χ3v) is 2.30. The summed E-state index contributed by atoms with van der Waals surface area (Å²) in [6.45, 7) is 0. The average Bonchev–Trinajstić information content (AvgIpc) is 2.14. The van der Waals surface area contributed by atoms with Crippen LogP contribution in [0.4, 0.5) is 22.0 Å². The molecular weight excluding hydrogens is 299 g/mol. The lowest BCUT2D eigenvalue weighted by Crippen LogP contribution is -2.18. The molecule has 1 unspecified atom stereocenters. The van der Waals surface area contributed by atoms with Crippen LogP contribution in [-0.4, -0.2) is 9.94 Å². The Kier molecular flexibility index (Phi) is 3.59. The molecule has 1 nitrogen and oxygen atoms in total. The molecule has 0 saturated heterocycles. The van der Waals surface area contributed by atoms with E-state index in [1.165, 1.54) is 0 Å². The van der Waals surface area contributed by atoms with Gasteiger partial charge >= 0.3 is 11.0 Å². The number of halogens is 6. The molecular formula is C9H6BrF5O. The number of rotatable bonds is 2. The molecule has 0 aliphatic rings. The minimum absolute atomic E-state index is 0.296. The highest BCUT2D eigenvalue weighted by atomic mass is 79.9. The Labute approximate surface area is 96.0 Å². The van der Waals surface area contributed by atoms with Crippen molar-refractivity contribution in [2.24, 2.45) is 0 Å². The molecule has 16 heavy (non-hydrogen) atoms. The summed E-state index contributed by atoms with van der Waals surface area (Å²) in [5.41, 5.74) is -1.25. The van der Waals surface area contributed by atoms with E-state index < -0.39 is 22.7 Å². The van der Waals surface area contributed by atoms with Gasteiger partial charge in [-0.25, -0.2) is 0 Å². The van der Waals surface area contributed by atoms with E-state index in [1.54, 1.807) is 0 Å². The predicted molar refractivity (Wildman–Crippen MR) is 50.3 cm³/mol. The van der Waals surface area contributed by atoms with E-state index in [0.29, 0.717) is 12.1 Å². The smallest absolute Gasteiger partial charge is 0.381 e. The fraction of sp³-hybridized carbons (Fsp3) is 0.333. The zero-order valence-electron chi connectivity index (χ0n) is 7.60. The molecule has 0 aromatic heterocycles. The molecule has 7 heteroatoms. The molecule has 0 bridgehead atoms. The quantitative estimate of drug-likeness (QED) is 0.652. The van der Waals surface area contributed by atoms with Gasteiger partial charge in [0.05, 0.1) is 5.56 Å². The van der Waals surface area contributed by atoms with Crippen LogP contribution in [0.5, 0.6) is 0 Å². The standard InChI is InChI=1S/C9H6BrF5O/c10-8(11,12)7(16)5-1-3-6(4-2-5)9(13,14)15/h1-4,7,16H. The fourth-order valence-electron chi connectivity index (χ4n) is 1.04. The molecule has 0 saturated carbocycles. The van der Waals surface area contributed by atoms with Gasteiger partial charge in [0.25, 0.3) is 0 Å². The van der Waals surface area contributed by atoms with Gasteiger partial charge in [-0.15, -0.1) is 0 Å². The summed E-state index contributed by atoms with van der Waals surface area (Å²) in [7, 11) is 0. The van der Waals surface area contributed by atoms with Crippen LogP contribution in [-0.2, 0) is 6.18 Å². The Morgan fingerprint density at radius 2 is 1.44 bits per heavy atom. The van der Waals surface area contributed by atoms with Crippen molar-refractivity contribution in [2.75, 3.05) is 0 Å². The van der Waals surface area contributed by atoms with E-state index in [4.69, 9.17) is 5.11 Å². The first-order valence-corrected chi connectivity index (χ1v) is 4.83. The van der Waals surface area contributed by atoms with Crippen molar-refractivity contribution in [3.05, 3.63) is 35.4 Å². The first kappa shape index (κ1) is 13.4. The zero-order valence-corrected chi connectivity index (χ0v) is 9.19. The van der Waals surface area contributed by atoms with Crippen LogP contribution in [0.1, 0.15) is 17.2 Å². The van der Waals surface area contributed by atoms with Crippen LogP contribution in [0.3, 0.4) is 0 Å². The van der Waals surface area contributed by atoms with E-state index in [2.05, 4.69) is 0 Å².